The van der Waals surface area contributed by atoms with Gasteiger partial charge in [0.05, 0.1) is 10.6 Å². The van der Waals surface area contributed by atoms with Crippen LogP contribution in [0.3, 0.4) is 0 Å². The zero-order valence-corrected chi connectivity index (χ0v) is 13.7. The molecular weight excluding hydrogens is 328 g/mol. The molecule has 7 nitrogen and oxygen atoms in total. The molecule has 0 unspecified atom stereocenters. The summed E-state index contributed by atoms with van der Waals surface area (Å²) in [7, 11) is 0. The Kier molecular flexibility index (Phi) is 4.95. The van der Waals surface area contributed by atoms with Crippen LogP contribution in [0.25, 0.3) is 0 Å². The number of nitrogens with zero attached hydrogens (tertiary/aromatic N) is 3. The zero-order valence-electron chi connectivity index (χ0n) is 12.8. The second-order valence-corrected chi connectivity index (χ2v) is 6.43. The van der Waals surface area contributed by atoms with Gasteiger partial charge in [-0.15, -0.1) is 0 Å². The van der Waals surface area contributed by atoms with Gasteiger partial charge in [-0.05, 0) is 18.2 Å². The second-order valence-electron chi connectivity index (χ2n) is 5.20. The largest absolute Gasteiger partial charge is 0.353 e. The molecule has 0 bridgehead atoms. The van der Waals surface area contributed by atoms with Crippen molar-refractivity contribution in [3.63, 3.8) is 0 Å². The summed E-state index contributed by atoms with van der Waals surface area (Å²) in [4.78, 5) is 29.5. The summed E-state index contributed by atoms with van der Waals surface area (Å²) in [6, 6.07) is 9.40. The maximum atomic E-state index is 12.5. The minimum atomic E-state index is -0.555. The number of nitro groups is 1. The Bertz CT molecular complexity index is 762. The number of rotatable bonds is 4. The summed E-state index contributed by atoms with van der Waals surface area (Å²) in [6.45, 7) is 1.71. The van der Waals surface area contributed by atoms with Gasteiger partial charge in [0.2, 0.25) is 0 Å². The highest BCUT2D eigenvalue weighted by atomic mass is 32.2. The average Bonchev–Trinajstić information content (AvgIpc) is 2.63. The van der Waals surface area contributed by atoms with Crippen LogP contribution in [-0.2, 0) is 0 Å². The number of carbonyl (C=O) groups is 1. The van der Waals surface area contributed by atoms with Gasteiger partial charge in [0.25, 0.3) is 11.6 Å². The molecule has 1 aliphatic heterocycles. The number of aromatic nitrogens is 1. The second kappa shape index (κ2) is 7.31. The lowest BCUT2D eigenvalue weighted by molar-refractivity contribution is -0.385. The smallest absolute Gasteiger partial charge is 0.282 e. The molecule has 0 saturated carbocycles. The minimum absolute atomic E-state index is 0.0338. The molecule has 8 heteroatoms. The van der Waals surface area contributed by atoms with Crippen LogP contribution < -0.4 is 10.2 Å². The third kappa shape index (κ3) is 3.48. The lowest BCUT2D eigenvalue weighted by atomic mass is 10.1. The highest BCUT2D eigenvalue weighted by Crippen LogP contribution is 2.27. The standard InChI is InChI=1S/C16H16N4O3S/c21-16(12-4-1-2-6-14(12)20(22)23)18-13-5-3-7-17-15(13)19-8-10-24-11-9-19/h1-7H,8-11H2,(H,18,21). The summed E-state index contributed by atoms with van der Waals surface area (Å²) in [5.41, 5.74) is 0.383. The van der Waals surface area contributed by atoms with Crippen LogP contribution in [0, 0.1) is 10.1 Å². The lowest BCUT2D eigenvalue weighted by Crippen LogP contribution is -2.34. The van der Waals surface area contributed by atoms with Crippen molar-refractivity contribution in [2.24, 2.45) is 0 Å². The number of hydrogen-bond acceptors (Lipinski definition) is 6. The maximum absolute atomic E-state index is 12.5. The summed E-state index contributed by atoms with van der Waals surface area (Å²) >= 11 is 1.88. The molecule has 1 saturated heterocycles. The van der Waals surface area contributed by atoms with Gasteiger partial charge in [0, 0.05) is 36.9 Å². The van der Waals surface area contributed by atoms with E-state index in [1.807, 2.05) is 11.8 Å². The van der Waals surface area contributed by atoms with E-state index in [1.165, 1.54) is 18.2 Å². The predicted molar refractivity (Wildman–Crippen MR) is 94.8 cm³/mol. The molecule has 124 valence electrons. The first-order chi connectivity index (χ1) is 11.7. The first kappa shape index (κ1) is 16.3. The number of anilines is 2. The Morgan fingerprint density at radius 2 is 1.96 bits per heavy atom. The summed E-state index contributed by atoms with van der Waals surface area (Å²) in [5.74, 6) is 2.20. The molecule has 1 aromatic carbocycles. The van der Waals surface area contributed by atoms with E-state index in [1.54, 1.807) is 24.4 Å². The molecule has 0 aliphatic carbocycles. The van der Waals surface area contributed by atoms with E-state index in [9.17, 15) is 14.9 Å². The van der Waals surface area contributed by atoms with Crippen LogP contribution in [-0.4, -0.2) is 40.4 Å². The average molecular weight is 344 g/mol. The normalized spacial score (nSPS) is 14.2. The quantitative estimate of drug-likeness (QED) is 0.678. The van der Waals surface area contributed by atoms with E-state index in [0.717, 1.165) is 24.6 Å². The first-order valence-electron chi connectivity index (χ1n) is 7.49. The molecule has 1 fully saturated rings. The van der Waals surface area contributed by atoms with Crippen molar-refractivity contribution in [2.75, 3.05) is 34.8 Å². The fourth-order valence-electron chi connectivity index (χ4n) is 2.54. The van der Waals surface area contributed by atoms with Crippen molar-refractivity contribution in [1.82, 2.24) is 4.98 Å². The third-order valence-electron chi connectivity index (χ3n) is 3.69. The van der Waals surface area contributed by atoms with Crippen molar-refractivity contribution in [1.29, 1.82) is 0 Å². The Balaban J connectivity index is 1.86. The number of hydrogen-bond donors (Lipinski definition) is 1. The maximum Gasteiger partial charge on any atom is 0.282 e. The molecule has 3 rings (SSSR count). The molecule has 0 spiro atoms. The van der Waals surface area contributed by atoms with Gasteiger partial charge in [-0.1, -0.05) is 12.1 Å². The number of nitrogens with one attached hydrogen (secondary N) is 1. The zero-order chi connectivity index (χ0) is 16.9. The molecule has 1 aliphatic rings. The molecule has 1 aromatic heterocycles. The van der Waals surface area contributed by atoms with Crippen LogP contribution in [0.5, 0.6) is 0 Å². The van der Waals surface area contributed by atoms with Crippen molar-refractivity contribution in [3.8, 4) is 0 Å². The predicted octanol–water partition coefficient (Wildman–Crippen LogP) is 2.80. The number of nitro benzene ring substituents is 1. The molecule has 24 heavy (non-hydrogen) atoms. The monoisotopic (exact) mass is 344 g/mol. The number of benzene rings is 1. The van der Waals surface area contributed by atoms with Crippen LogP contribution in [0.4, 0.5) is 17.2 Å². The number of carbonyl (C=O) groups excluding carboxylic acids is 1. The van der Waals surface area contributed by atoms with E-state index >= 15 is 0 Å². The molecule has 0 radical (unpaired) electrons. The number of para-hydroxylation sites is 1. The van der Waals surface area contributed by atoms with E-state index in [2.05, 4.69) is 15.2 Å². The topological polar surface area (TPSA) is 88.4 Å². The van der Waals surface area contributed by atoms with Crippen molar-refractivity contribution in [2.45, 2.75) is 0 Å². The SMILES string of the molecule is O=C(Nc1cccnc1N1CCSCC1)c1ccccc1[N+](=O)[O-]. The van der Waals surface area contributed by atoms with Gasteiger partial charge >= 0.3 is 0 Å². The fourth-order valence-corrected chi connectivity index (χ4v) is 3.44. The van der Waals surface area contributed by atoms with Crippen LogP contribution in [0.1, 0.15) is 10.4 Å². The first-order valence-corrected chi connectivity index (χ1v) is 8.65. The van der Waals surface area contributed by atoms with Gasteiger partial charge < -0.3 is 10.2 Å². The van der Waals surface area contributed by atoms with Gasteiger partial charge in [-0.25, -0.2) is 4.98 Å². The minimum Gasteiger partial charge on any atom is -0.353 e. The van der Waals surface area contributed by atoms with E-state index < -0.39 is 10.8 Å². The van der Waals surface area contributed by atoms with Crippen LogP contribution >= 0.6 is 11.8 Å². The Hall–Kier alpha value is -2.61. The number of amides is 1. The molecular formula is C16H16N4O3S. The van der Waals surface area contributed by atoms with Gasteiger partial charge in [0.1, 0.15) is 5.56 Å². The summed E-state index contributed by atoms with van der Waals surface area (Å²) in [5, 5.41) is 13.9. The highest BCUT2D eigenvalue weighted by molar-refractivity contribution is 7.99. The molecule has 2 heterocycles. The van der Waals surface area contributed by atoms with E-state index in [4.69, 9.17) is 0 Å². The highest BCUT2D eigenvalue weighted by Gasteiger charge is 2.22. The number of thioether (sulfide) groups is 1. The summed E-state index contributed by atoms with van der Waals surface area (Å²) < 4.78 is 0. The Morgan fingerprint density at radius 1 is 1.21 bits per heavy atom. The molecule has 2 aromatic rings. The fraction of sp³-hybridized carbons (Fsp3) is 0.250. The van der Waals surface area contributed by atoms with Crippen molar-refractivity contribution >= 4 is 34.9 Å². The number of pyridine rings is 1. The molecule has 0 atom stereocenters. The lowest BCUT2D eigenvalue weighted by Gasteiger charge is -2.29. The van der Waals surface area contributed by atoms with E-state index in [0.29, 0.717) is 11.5 Å². The third-order valence-corrected chi connectivity index (χ3v) is 4.63. The molecule has 1 N–H and O–H groups in total. The van der Waals surface area contributed by atoms with Crippen molar-refractivity contribution < 1.29 is 9.72 Å². The van der Waals surface area contributed by atoms with Gasteiger partial charge in [-0.3, -0.25) is 14.9 Å². The summed E-state index contributed by atoms with van der Waals surface area (Å²) in [6.07, 6.45) is 1.68. The van der Waals surface area contributed by atoms with Gasteiger partial charge in [0.15, 0.2) is 5.82 Å². The Labute approximate surface area is 143 Å². The van der Waals surface area contributed by atoms with E-state index in [-0.39, 0.29) is 11.3 Å². The van der Waals surface area contributed by atoms with Gasteiger partial charge in [-0.2, -0.15) is 11.8 Å². The van der Waals surface area contributed by atoms with Crippen LogP contribution in [0.2, 0.25) is 0 Å². The molecule has 1 amide bonds. The van der Waals surface area contributed by atoms with Crippen molar-refractivity contribution in [3.05, 3.63) is 58.3 Å². The van der Waals surface area contributed by atoms with Crippen LogP contribution in [0.15, 0.2) is 42.6 Å². The Morgan fingerprint density at radius 3 is 2.71 bits per heavy atom.